The summed E-state index contributed by atoms with van der Waals surface area (Å²) in [5.41, 5.74) is 3.92. The number of amides is 1. The van der Waals surface area contributed by atoms with Crippen LogP contribution in [-0.2, 0) is 12.8 Å². The molecule has 2 aliphatic rings. The van der Waals surface area contributed by atoms with E-state index in [9.17, 15) is 9.90 Å². The molecular weight excluding hydrogens is 308 g/mol. The Balaban J connectivity index is 1.51. The fourth-order valence-corrected chi connectivity index (χ4v) is 4.61. The normalized spacial score (nSPS) is 22.5. The van der Waals surface area contributed by atoms with E-state index in [1.165, 1.54) is 21.6 Å². The summed E-state index contributed by atoms with van der Waals surface area (Å²) in [6.07, 6.45) is 1.68. The molecule has 1 aromatic heterocycles. The Labute approximate surface area is 139 Å². The van der Waals surface area contributed by atoms with Crippen LogP contribution in [0.2, 0.25) is 0 Å². The molecule has 0 spiro atoms. The van der Waals surface area contributed by atoms with E-state index in [-0.39, 0.29) is 17.9 Å². The highest BCUT2D eigenvalue weighted by atomic mass is 32.1. The molecule has 1 saturated heterocycles. The lowest BCUT2D eigenvalue weighted by atomic mass is 9.91. The van der Waals surface area contributed by atoms with Crippen LogP contribution in [0, 0.1) is 5.92 Å². The van der Waals surface area contributed by atoms with Gasteiger partial charge in [-0.1, -0.05) is 24.3 Å². The first-order valence-electron chi connectivity index (χ1n) is 8.10. The van der Waals surface area contributed by atoms with Crippen LogP contribution in [-0.4, -0.2) is 36.8 Å². The van der Waals surface area contributed by atoms with Crippen LogP contribution in [0.1, 0.15) is 20.8 Å². The summed E-state index contributed by atoms with van der Waals surface area (Å²) in [6.45, 7) is 1.90. The molecule has 5 heteroatoms. The number of nitrogens with one attached hydrogen (secondary N) is 2. The summed E-state index contributed by atoms with van der Waals surface area (Å²) in [7, 11) is 0. The minimum atomic E-state index is -0.362. The number of hydrogen-bond acceptors (Lipinski definition) is 4. The summed E-state index contributed by atoms with van der Waals surface area (Å²) < 4.78 is 0. The van der Waals surface area contributed by atoms with E-state index >= 15 is 0 Å². The SMILES string of the molecule is O=C(NCC1CNCC1O)c1cc2c(s1)-c1ccccc1CC2. The number of aliphatic hydroxyl groups excluding tert-OH is 1. The second-order valence-electron chi connectivity index (χ2n) is 6.32. The summed E-state index contributed by atoms with van der Waals surface area (Å²) >= 11 is 1.58. The molecule has 1 amide bonds. The van der Waals surface area contributed by atoms with Crippen molar-refractivity contribution in [3.8, 4) is 10.4 Å². The number of rotatable bonds is 3. The number of carbonyl (C=O) groups excluding carboxylic acids is 1. The number of aryl methyl sites for hydroxylation is 2. The molecule has 0 saturated carbocycles. The largest absolute Gasteiger partial charge is 0.391 e. The molecule has 2 unspecified atom stereocenters. The van der Waals surface area contributed by atoms with Crippen molar-refractivity contribution in [2.24, 2.45) is 5.92 Å². The van der Waals surface area contributed by atoms with Crippen LogP contribution in [0.25, 0.3) is 10.4 Å². The van der Waals surface area contributed by atoms with Gasteiger partial charge in [-0.05, 0) is 35.6 Å². The first-order valence-corrected chi connectivity index (χ1v) is 8.92. The summed E-state index contributed by atoms with van der Waals surface area (Å²) in [6, 6.07) is 10.5. The zero-order chi connectivity index (χ0) is 15.8. The summed E-state index contributed by atoms with van der Waals surface area (Å²) in [5, 5.41) is 15.9. The smallest absolute Gasteiger partial charge is 0.261 e. The first-order chi connectivity index (χ1) is 11.2. The van der Waals surface area contributed by atoms with Gasteiger partial charge in [0.25, 0.3) is 5.91 Å². The monoisotopic (exact) mass is 328 g/mol. The van der Waals surface area contributed by atoms with Crippen molar-refractivity contribution >= 4 is 17.2 Å². The van der Waals surface area contributed by atoms with Crippen molar-refractivity contribution in [2.45, 2.75) is 18.9 Å². The molecule has 2 heterocycles. The van der Waals surface area contributed by atoms with Crippen LogP contribution in [0.3, 0.4) is 0 Å². The highest BCUT2D eigenvalue weighted by molar-refractivity contribution is 7.17. The number of aliphatic hydroxyl groups is 1. The third-order valence-corrected chi connectivity index (χ3v) is 6.00. The number of benzene rings is 1. The van der Waals surface area contributed by atoms with Gasteiger partial charge in [0.15, 0.2) is 0 Å². The summed E-state index contributed by atoms with van der Waals surface area (Å²) in [5.74, 6) is 0.0789. The number of fused-ring (bicyclic) bond motifs is 3. The predicted octanol–water partition coefficient (Wildman–Crippen LogP) is 1.82. The van der Waals surface area contributed by atoms with Crippen molar-refractivity contribution in [1.82, 2.24) is 10.6 Å². The van der Waals surface area contributed by atoms with Crippen molar-refractivity contribution in [2.75, 3.05) is 19.6 Å². The number of thiophene rings is 1. The molecule has 1 aliphatic heterocycles. The Morgan fingerprint density at radius 1 is 1.26 bits per heavy atom. The minimum Gasteiger partial charge on any atom is -0.391 e. The fourth-order valence-electron chi connectivity index (χ4n) is 3.42. The van der Waals surface area contributed by atoms with Crippen LogP contribution >= 0.6 is 11.3 Å². The highest BCUT2D eigenvalue weighted by Crippen LogP contribution is 2.39. The molecule has 1 aromatic carbocycles. The zero-order valence-corrected chi connectivity index (χ0v) is 13.7. The van der Waals surface area contributed by atoms with Gasteiger partial charge in [-0.2, -0.15) is 0 Å². The summed E-state index contributed by atoms with van der Waals surface area (Å²) in [4.78, 5) is 14.4. The molecule has 23 heavy (non-hydrogen) atoms. The lowest BCUT2D eigenvalue weighted by Crippen LogP contribution is -2.34. The number of carbonyl (C=O) groups is 1. The molecule has 0 radical (unpaired) electrons. The number of β-amino-alcohol motifs (C(OH)–C–C–N with tert-alkyl or cyclic N) is 1. The van der Waals surface area contributed by atoms with E-state index in [1.807, 2.05) is 6.07 Å². The van der Waals surface area contributed by atoms with E-state index < -0.39 is 0 Å². The Morgan fingerprint density at radius 2 is 2.09 bits per heavy atom. The van der Waals surface area contributed by atoms with Crippen molar-refractivity contribution < 1.29 is 9.90 Å². The van der Waals surface area contributed by atoms with Gasteiger partial charge >= 0.3 is 0 Å². The lowest BCUT2D eigenvalue weighted by molar-refractivity contribution is 0.0931. The Kier molecular flexibility index (Phi) is 3.93. The first kappa shape index (κ1) is 14.9. The van der Waals surface area contributed by atoms with Crippen LogP contribution in [0.15, 0.2) is 30.3 Å². The average molecular weight is 328 g/mol. The van der Waals surface area contributed by atoms with Gasteiger partial charge in [-0.25, -0.2) is 0 Å². The number of hydrogen-bond donors (Lipinski definition) is 3. The van der Waals surface area contributed by atoms with Gasteiger partial charge in [0.05, 0.1) is 11.0 Å². The second-order valence-corrected chi connectivity index (χ2v) is 7.37. The van der Waals surface area contributed by atoms with Gasteiger partial charge in [0.2, 0.25) is 0 Å². The van der Waals surface area contributed by atoms with Gasteiger partial charge < -0.3 is 15.7 Å². The highest BCUT2D eigenvalue weighted by Gasteiger charge is 2.26. The van der Waals surface area contributed by atoms with Crippen molar-refractivity contribution in [1.29, 1.82) is 0 Å². The van der Waals surface area contributed by atoms with E-state index in [0.29, 0.717) is 13.1 Å². The van der Waals surface area contributed by atoms with Crippen molar-refractivity contribution in [3.05, 3.63) is 46.3 Å². The standard InChI is InChI=1S/C18H20N2O2S/c21-15-10-19-8-13(15)9-20-18(22)16-7-12-6-5-11-3-1-2-4-14(11)17(12)23-16/h1-4,7,13,15,19,21H,5-6,8-10H2,(H,20,22). The zero-order valence-electron chi connectivity index (χ0n) is 12.8. The minimum absolute atomic E-state index is 0.0269. The molecular formula is C18H20N2O2S. The van der Waals surface area contributed by atoms with Crippen LogP contribution < -0.4 is 10.6 Å². The lowest BCUT2D eigenvalue weighted by Gasteiger charge is -2.15. The second kappa shape index (κ2) is 6.07. The topological polar surface area (TPSA) is 61.4 Å². The van der Waals surface area contributed by atoms with E-state index in [0.717, 1.165) is 24.3 Å². The Morgan fingerprint density at radius 3 is 2.91 bits per heavy atom. The van der Waals surface area contributed by atoms with E-state index in [2.05, 4.69) is 34.9 Å². The molecule has 2 atom stereocenters. The van der Waals surface area contributed by atoms with Crippen LogP contribution in [0.4, 0.5) is 0 Å². The van der Waals surface area contributed by atoms with Gasteiger partial charge in [0, 0.05) is 30.4 Å². The van der Waals surface area contributed by atoms with Gasteiger partial charge in [-0.15, -0.1) is 11.3 Å². The Bertz CT molecular complexity index is 740. The maximum absolute atomic E-state index is 12.4. The van der Waals surface area contributed by atoms with Crippen LogP contribution in [0.5, 0.6) is 0 Å². The van der Waals surface area contributed by atoms with Crippen molar-refractivity contribution in [3.63, 3.8) is 0 Å². The third-order valence-electron chi connectivity index (χ3n) is 4.79. The average Bonchev–Trinajstić information content (AvgIpc) is 3.18. The van der Waals surface area contributed by atoms with E-state index in [4.69, 9.17) is 0 Å². The third kappa shape index (κ3) is 2.80. The molecule has 0 bridgehead atoms. The Hall–Kier alpha value is -1.69. The molecule has 2 aromatic rings. The molecule has 120 valence electrons. The van der Waals surface area contributed by atoms with Gasteiger partial charge in [0.1, 0.15) is 0 Å². The van der Waals surface area contributed by atoms with Gasteiger partial charge in [-0.3, -0.25) is 4.79 Å². The predicted molar refractivity (Wildman–Crippen MR) is 91.9 cm³/mol. The fraction of sp³-hybridized carbons (Fsp3) is 0.389. The molecule has 1 aliphatic carbocycles. The molecule has 4 rings (SSSR count). The quantitative estimate of drug-likeness (QED) is 0.805. The molecule has 1 fully saturated rings. The maximum atomic E-state index is 12.4. The molecule has 3 N–H and O–H groups in total. The van der Waals surface area contributed by atoms with E-state index in [1.54, 1.807) is 11.3 Å². The maximum Gasteiger partial charge on any atom is 0.261 e. The molecule has 4 nitrogen and oxygen atoms in total.